The standard InChI is InChI=1S/C21H20ClF4N3O4S/c1-31-11-8-10(9-12(32-2)19(11)33-3)20(30)27-21(34)29-6-4-28(5-7-29)18-16(25)14(23)13(22)15(24)17(18)26/h8-9H,4-7H2,1-3H3,(H,27,30,34). The van der Waals surface area contributed by atoms with Crippen LogP contribution in [0.4, 0.5) is 23.2 Å². The average Bonchev–Trinajstić information content (AvgIpc) is 2.85. The molecule has 1 aliphatic heterocycles. The monoisotopic (exact) mass is 521 g/mol. The molecule has 184 valence electrons. The molecule has 2 aromatic carbocycles. The summed E-state index contributed by atoms with van der Waals surface area (Å²) >= 11 is 10.6. The quantitative estimate of drug-likeness (QED) is 0.278. The first-order valence-electron chi connectivity index (χ1n) is 9.81. The number of nitrogens with zero attached hydrogens (tertiary/aromatic N) is 2. The molecule has 1 heterocycles. The molecule has 1 aliphatic rings. The van der Waals surface area contributed by atoms with E-state index >= 15 is 0 Å². The molecule has 13 heteroatoms. The summed E-state index contributed by atoms with van der Waals surface area (Å²) in [5, 5.41) is 1.39. The molecule has 0 atom stereocenters. The number of ether oxygens (including phenoxy) is 3. The van der Waals surface area contributed by atoms with Gasteiger partial charge >= 0.3 is 0 Å². The van der Waals surface area contributed by atoms with Crippen LogP contribution in [0, 0.1) is 23.3 Å². The fourth-order valence-corrected chi connectivity index (χ4v) is 3.91. The Labute approximate surface area is 203 Å². The number of methoxy groups -OCH3 is 3. The molecule has 0 bridgehead atoms. The lowest BCUT2D eigenvalue weighted by molar-refractivity contribution is 0.0972. The van der Waals surface area contributed by atoms with Crippen molar-refractivity contribution in [1.29, 1.82) is 0 Å². The number of hydrogen-bond donors (Lipinski definition) is 1. The summed E-state index contributed by atoms with van der Waals surface area (Å²) < 4.78 is 71.8. The van der Waals surface area contributed by atoms with Gasteiger partial charge in [-0.2, -0.15) is 0 Å². The summed E-state index contributed by atoms with van der Waals surface area (Å²) in [5.74, 6) is -6.15. The van der Waals surface area contributed by atoms with Crippen molar-refractivity contribution < 1.29 is 36.6 Å². The highest BCUT2D eigenvalue weighted by Gasteiger charge is 2.30. The second-order valence-electron chi connectivity index (χ2n) is 7.07. The van der Waals surface area contributed by atoms with Crippen LogP contribution in [0.25, 0.3) is 0 Å². The molecule has 3 rings (SSSR count). The lowest BCUT2D eigenvalue weighted by Crippen LogP contribution is -2.53. The summed E-state index contributed by atoms with van der Waals surface area (Å²) in [7, 11) is 4.25. The van der Waals surface area contributed by atoms with Crippen molar-refractivity contribution in [3.8, 4) is 17.2 Å². The number of carbonyl (C=O) groups is 1. The SMILES string of the molecule is COc1cc(C(=O)NC(=S)N2CCN(c3c(F)c(F)c(Cl)c(F)c3F)CC2)cc(OC)c1OC. The highest BCUT2D eigenvalue weighted by Crippen LogP contribution is 2.38. The first kappa shape index (κ1) is 25.6. The van der Waals surface area contributed by atoms with E-state index in [1.54, 1.807) is 4.90 Å². The molecule has 0 spiro atoms. The summed E-state index contributed by atoms with van der Waals surface area (Å²) in [6.07, 6.45) is 0. The zero-order chi connectivity index (χ0) is 25.2. The van der Waals surface area contributed by atoms with E-state index in [4.69, 9.17) is 38.0 Å². The molecule has 0 aliphatic carbocycles. The van der Waals surface area contributed by atoms with Gasteiger partial charge in [0.1, 0.15) is 10.7 Å². The van der Waals surface area contributed by atoms with E-state index in [0.29, 0.717) is 5.75 Å². The van der Waals surface area contributed by atoms with Crippen molar-refractivity contribution in [1.82, 2.24) is 10.2 Å². The van der Waals surface area contributed by atoms with E-state index in [2.05, 4.69) is 5.32 Å². The Kier molecular flexibility index (Phi) is 7.93. The van der Waals surface area contributed by atoms with Crippen molar-refractivity contribution in [2.45, 2.75) is 0 Å². The van der Waals surface area contributed by atoms with Crippen LogP contribution in [-0.4, -0.2) is 63.4 Å². The van der Waals surface area contributed by atoms with Gasteiger partial charge in [0.15, 0.2) is 39.9 Å². The van der Waals surface area contributed by atoms with Crippen molar-refractivity contribution in [2.75, 3.05) is 52.4 Å². The van der Waals surface area contributed by atoms with Crippen molar-refractivity contribution in [3.05, 3.63) is 46.0 Å². The van der Waals surface area contributed by atoms with Gasteiger partial charge in [0.2, 0.25) is 5.75 Å². The Morgan fingerprint density at radius 1 is 0.912 bits per heavy atom. The van der Waals surface area contributed by atoms with E-state index in [0.717, 1.165) is 4.90 Å². The lowest BCUT2D eigenvalue weighted by atomic mass is 10.1. The smallest absolute Gasteiger partial charge is 0.257 e. The minimum atomic E-state index is -1.66. The highest BCUT2D eigenvalue weighted by atomic mass is 35.5. The molecule has 0 unspecified atom stereocenters. The zero-order valence-corrected chi connectivity index (χ0v) is 19.9. The molecule has 0 aromatic heterocycles. The first-order chi connectivity index (χ1) is 16.1. The summed E-state index contributed by atoms with van der Waals surface area (Å²) in [6.45, 7) is 0.210. The van der Waals surface area contributed by atoms with Gasteiger partial charge in [-0.3, -0.25) is 10.1 Å². The molecule has 1 fully saturated rings. The Morgan fingerprint density at radius 3 is 1.85 bits per heavy atom. The Balaban J connectivity index is 1.70. The topological polar surface area (TPSA) is 63.3 Å². The highest BCUT2D eigenvalue weighted by molar-refractivity contribution is 7.80. The van der Waals surface area contributed by atoms with Gasteiger partial charge in [0.25, 0.3) is 5.91 Å². The fraction of sp³-hybridized carbons (Fsp3) is 0.333. The maximum atomic E-state index is 14.2. The van der Waals surface area contributed by atoms with E-state index in [-0.39, 0.29) is 48.4 Å². The summed E-state index contributed by atoms with van der Waals surface area (Å²) in [4.78, 5) is 15.5. The second-order valence-corrected chi connectivity index (χ2v) is 7.83. The van der Waals surface area contributed by atoms with E-state index in [9.17, 15) is 22.4 Å². The largest absolute Gasteiger partial charge is 0.493 e. The third kappa shape index (κ3) is 4.78. The molecule has 1 saturated heterocycles. The normalized spacial score (nSPS) is 13.5. The Bertz CT molecular complexity index is 1080. The fourth-order valence-electron chi connectivity index (χ4n) is 3.46. The van der Waals surface area contributed by atoms with Crippen molar-refractivity contribution in [2.24, 2.45) is 0 Å². The molecule has 0 radical (unpaired) electrons. The minimum Gasteiger partial charge on any atom is -0.493 e. The number of benzene rings is 2. The number of anilines is 1. The molecular formula is C21H20ClF4N3O4S. The summed E-state index contributed by atoms with van der Waals surface area (Å²) in [6, 6.07) is 2.90. The molecule has 0 saturated carbocycles. The van der Waals surface area contributed by atoms with Crippen LogP contribution in [-0.2, 0) is 0 Å². The molecule has 2 aromatic rings. The van der Waals surface area contributed by atoms with Crippen LogP contribution in [0.15, 0.2) is 12.1 Å². The van der Waals surface area contributed by atoms with Crippen LogP contribution >= 0.6 is 23.8 Å². The van der Waals surface area contributed by atoms with Crippen LogP contribution in [0.1, 0.15) is 10.4 Å². The van der Waals surface area contributed by atoms with Gasteiger partial charge in [-0.1, -0.05) is 11.6 Å². The van der Waals surface area contributed by atoms with Gasteiger partial charge in [-0.15, -0.1) is 0 Å². The Hall–Kier alpha value is -2.99. The number of carbonyl (C=O) groups excluding carboxylic acids is 1. The average molecular weight is 522 g/mol. The minimum absolute atomic E-state index is 0.0193. The number of amides is 1. The maximum absolute atomic E-state index is 14.2. The predicted molar refractivity (Wildman–Crippen MR) is 121 cm³/mol. The number of hydrogen-bond acceptors (Lipinski definition) is 6. The molecule has 1 N–H and O–H groups in total. The van der Waals surface area contributed by atoms with Crippen LogP contribution in [0.5, 0.6) is 17.2 Å². The van der Waals surface area contributed by atoms with Crippen molar-refractivity contribution in [3.63, 3.8) is 0 Å². The molecule has 34 heavy (non-hydrogen) atoms. The van der Waals surface area contributed by atoms with Crippen LogP contribution in [0.3, 0.4) is 0 Å². The number of halogens is 5. The third-order valence-electron chi connectivity index (χ3n) is 5.22. The van der Waals surface area contributed by atoms with Crippen LogP contribution < -0.4 is 24.4 Å². The van der Waals surface area contributed by atoms with Crippen molar-refractivity contribution >= 4 is 40.5 Å². The summed E-state index contributed by atoms with van der Waals surface area (Å²) in [5.41, 5.74) is -0.654. The first-order valence-corrected chi connectivity index (χ1v) is 10.6. The van der Waals surface area contributed by atoms with Gasteiger partial charge in [-0.25, -0.2) is 17.6 Å². The van der Waals surface area contributed by atoms with Gasteiger partial charge in [0, 0.05) is 31.7 Å². The number of rotatable bonds is 5. The number of nitrogens with one attached hydrogen (secondary N) is 1. The maximum Gasteiger partial charge on any atom is 0.257 e. The van der Waals surface area contributed by atoms with Gasteiger partial charge in [-0.05, 0) is 24.4 Å². The molecule has 1 amide bonds. The third-order valence-corrected chi connectivity index (χ3v) is 5.91. The van der Waals surface area contributed by atoms with E-state index in [1.165, 1.54) is 33.5 Å². The number of thiocarbonyl (C=S) groups is 1. The second kappa shape index (κ2) is 10.5. The lowest BCUT2D eigenvalue weighted by Gasteiger charge is -2.37. The molecular weight excluding hydrogens is 502 g/mol. The van der Waals surface area contributed by atoms with Gasteiger partial charge < -0.3 is 24.0 Å². The van der Waals surface area contributed by atoms with E-state index in [1.807, 2.05) is 0 Å². The zero-order valence-electron chi connectivity index (χ0n) is 18.3. The number of piperazine rings is 1. The predicted octanol–water partition coefficient (Wildman–Crippen LogP) is 3.76. The van der Waals surface area contributed by atoms with Gasteiger partial charge in [0.05, 0.1) is 21.3 Å². The van der Waals surface area contributed by atoms with E-state index < -0.39 is 39.9 Å². The van der Waals surface area contributed by atoms with Crippen LogP contribution in [0.2, 0.25) is 5.02 Å². The molecule has 7 nitrogen and oxygen atoms in total. The Morgan fingerprint density at radius 2 is 1.41 bits per heavy atom.